The van der Waals surface area contributed by atoms with Crippen LogP contribution in [0.3, 0.4) is 0 Å². The van der Waals surface area contributed by atoms with Crippen LogP contribution in [0.1, 0.15) is 55.8 Å². The van der Waals surface area contributed by atoms with Crippen molar-refractivity contribution in [3.8, 4) is 0 Å². The maximum atomic E-state index is 12.8. The molecule has 33 heavy (non-hydrogen) atoms. The van der Waals surface area contributed by atoms with Gasteiger partial charge in [0.15, 0.2) is 5.60 Å². The molecule has 11 heteroatoms. The Morgan fingerprint density at radius 1 is 1.27 bits per heavy atom. The minimum absolute atomic E-state index is 0.0768. The van der Waals surface area contributed by atoms with Crippen molar-refractivity contribution in [1.82, 2.24) is 5.32 Å². The predicted octanol–water partition coefficient (Wildman–Crippen LogP) is 1.22. The monoisotopic (exact) mass is 481 g/mol. The van der Waals surface area contributed by atoms with E-state index in [-0.39, 0.29) is 29.4 Å². The fraction of sp³-hybridized carbons (Fsp3) is 0.591. The first-order valence-electron chi connectivity index (χ1n) is 11.0. The molecule has 0 aromatic heterocycles. The van der Waals surface area contributed by atoms with E-state index in [1.54, 1.807) is 6.92 Å². The van der Waals surface area contributed by atoms with Crippen LogP contribution in [0.25, 0.3) is 0 Å². The summed E-state index contributed by atoms with van der Waals surface area (Å²) in [7, 11) is -4.27. The molecule has 2 heterocycles. The van der Waals surface area contributed by atoms with Crippen LogP contribution in [-0.2, 0) is 28.6 Å². The first kappa shape index (κ1) is 23.7. The summed E-state index contributed by atoms with van der Waals surface area (Å²) in [6, 6.07) is 4.75. The van der Waals surface area contributed by atoms with Crippen molar-refractivity contribution in [2.45, 2.75) is 67.6 Å². The molecule has 1 aliphatic carbocycles. The van der Waals surface area contributed by atoms with Gasteiger partial charge in [-0.3, -0.25) is 8.98 Å². The molecule has 3 fully saturated rings. The largest absolute Gasteiger partial charge is 0.478 e. The van der Waals surface area contributed by atoms with Crippen molar-refractivity contribution in [3.63, 3.8) is 0 Å². The molecule has 0 spiro atoms. The van der Waals surface area contributed by atoms with Gasteiger partial charge in [0.25, 0.3) is 10.1 Å². The molecule has 4 unspecified atom stereocenters. The van der Waals surface area contributed by atoms with Crippen molar-refractivity contribution >= 4 is 28.0 Å². The standard InChI is InChI=1S/C22H27NO9S/c1-21-16(10-11-31-33(29,30)15-9-5-8-14(12-15)19(26)27)18(25)23-22(21,20(28)32-21)17(24)13-6-3-2-4-7-13/h5,8-9,12-13,16-17,24H,2-4,6-7,10-11H2,1H3,(H,23,25)(H,26,27). The van der Waals surface area contributed by atoms with E-state index in [1.165, 1.54) is 18.2 Å². The molecule has 4 atom stereocenters. The number of carbonyl (C=O) groups is 3. The molecule has 3 aliphatic rings. The third kappa shape index (κ3) is 3.71. The number of carboxylic acids is 1. The molecule has 2 saturated heterocycles. The molecule has 1 aromatic rings. The van der Waals surface area contributed by atoms with E-state index < -0.39 is 51.1 Å². The van der Waals surface area contributed by atoms with Gasteiger partial charge in [-0.25, -0.2) is 9.59 Å². The van der Waals surface area contributed by atoms with Crippen LogP contribution in [0.15, 0.2) is 29.2 Å². The van der Waals surface area contributed by atoms with E-state index in [2.05, 4.69) is 5.32 Å². The summed E-state index contributed by atoms with van der Waals surface area (Å²) in [4.78, 5) is 36.1. The molecule has 1 amide bonds. The summed E-state index contributed by atoms with van der Waals surface area (Å²) >= 11 is 0. The predicted molar refractivity (Wildman–Crippen MR) is 113 cm³/mol. The highest BCUT2D eigenvalue weighted by atomic mass is 32.2. The second-order valence-electron chi connectivity index (χ2n) is 9.09. The molecule has 1 saturated carbocycles. The maximum Gasteiger partial charge on any atom is 0.339 e. The van der Waals surface area contributed by atoms with Gasteiger partial charge >= 0.3 is 11.9 Å². The zero-order valence-corrected chi connectivity index (χ0v) is 19.0. The summed E-state index contributed by atoms with van der Waals surface area (Å²) < 4.78 is 35.4. The van der Waals surface area contributed by atoms with Crippen molar-refractivity contribution < 1.29 is 41.9 Å². The Kier molecular flexibility index (Phi) is 6.00. The van der Waals surface area contributed by atoms with Crippen molar-refractivity contribution in [2.24, 2.45) is 11.8 Å². The normalized spacial score (nSPS) is 30.7. The molecule has 1 aromatic carbocycles. The van der Waals surface area contributed by atoms with Gasteiger partial charge < -0.3 is 20.3 Å². The van der Waals surface area contributed by atoms with Gasteiger partial charge in [-0.05, 0) is 50.3 Å². The van der Waals surface area contributed by atoms with Gasteiger partial charge in [0, 0.05) is 0 Å². The van der Waals surface area contributed by atoms with Gasteiger partial charge in [0.1, 0.15) is 0 Å². The number of hydrogen-bond acceptors (Lipinski definition) is 8. The number of ether oxygens (including phenoxy) is 1. The van der Waals surface area contributed by atoms with Gasteiger partial charge in [-0.2, -0.15) is 8.42 Å². The number of rotatable bonds is 8. The number of fused-ring (bicyclic) bond motifs is 1. The smallest absolute Gasteiger partial charge is 0.339 e. The Morgan fingerprint density at radius 2 is 1.97 bits per heavy atom. The van der Waals surface area contributed by atoms with E-state index in [9.17, 15) is 27.9 Å². The van der Waals surface area contributed by atoms with Crippen LogP contribution in [0.4, 0.5) is 0 Å². The summed E-state index contributed by atoms with van der Waals surface area (Å²) in [5.74, 6) is -3.51. The van der Waals surface area contributed by atoms with Crippen LogP contribution in [0, 0.1) is 11.8 Å². The number of aromatic carboxylic acids is 1. The van der Waals surface area contributed by atoms with E-state index >= 15 is 0 Å². The molecule has 4 rings (SSSR count). The molecule has 10 nitrogen and oxygen atoms in total. The summed E-state index contributed by atoms with van der Waals surface area (Å²) in [5.41, 5.74) is -3.08. The second kappa shape index (κ2) is 8.37. The lowest BCUT2D eigenvalue weighted by atomic mass is 9.64. The fourth-order valence-corrected chi connectivity index (χ4v) is 6.36. The number of amides is 1. The van der Waals surface area contributed by atoms with Crippen molar-refractivity contribution in [3.05, 3.63) is 29.8 Å². The lowest BCUT2D eigenvalue weighted by Gasteiger charge is -2.55. The minimum atomic E-state index is -4.27. The Balaban J connectivity index is 1.47. The van der Waals surface area contributed by atoms with Gasteiger partial charge in [0.2, 0.25) is 11.4 Å². The third-order valence-electron chi connectivity index (χ3n) is 7.27. The Labute approximate surface area is 191 Å². The van der Waals surface area contributed by atoms with Gasteiger partial charge in [-0.15, -0.1) is 0 Å². The van der Waals surface area contributed by atoms with Crippen molar-refractivity contribution in [1.29, 1.82) is 0 Å². The SMILES string of the molecule is CC12OC(=O)C1(C(O)C1CCCCC1)NC(=O)C2CCOS(=O)(=O)c1cccc(C(=O)O)c1. The number of carbonyl (C=O) groups excluding carboxylic acids is 2. The fourth-order valence-electron chi connectivity index (χ4n) is 5.39. The lowest BCUT2D eigenvalue weighted by molar-refractivity contribution is -0.240. The number of aliphatic hydroxyl groups is 1. The summed E-state index contributed by atoms with van der Waals surface area (Å²) in [5, 5.41) is 22.8. The number of nitrogens with one attached hydrogen (secondary N) is 1. The average molecular weight is 482 g/mol. The van der Waals surface area contributed by atoms with E-state index in [0.717, 1.165) is 38.2 Å². The van der Waals surface area contributed by atoms with E-state index in [1.807, 2.05) is 0 Å². The van der Waals surface area contributed by atoms with Crippen LogP contribution >= 0.6 is 0 Å². The highest BCUT2D eigenvalue weighted by molar-refractivity contribution is 7.86. The lowest BCUT2D eigenvalue weighted by Crippen LogP contribution is -2.80. The molecular weight excluding hydrogens is 454 g/mol. The number of aliphatic hydroxyl groups excluding tert-OH is 1. The highest BCUT2D eigenvalue weighted by Crippen LogP contribution is 2.53. The van der Waals surface area contributed by atoms with Crippen molar-refractivity contribution in [2.75, 3.05) is 6.61 Å². The molecule has 0 radical (unpaired) electrons. The number of benzene rings is 1. The topological polar surface area (TPSA) is 156 Å². The average Bonchev–Trinajstić information content (AvgIpc) is 2.96. The Morgan fingerprint density at radius 3 is 2.61 bits per heavy atom. The quantitative estimate of drug-likeness (QED) is 0.367. The van der Waals surface area contributed by atoms with Gasteiger partial charge in [0.05, 0.1) is 29.1 Å². The second-order valence-corrected chi connectivity index (χ2v) is 10.7. The molecule has 3 N–H and O–H groups in total. The molecule has 180 valence electrons. The number of hydrogen-bond donors (Lipinski definition) is 3. The number of carboxylic acid groups (broad SMARTS) is 1. The third-order valence-corrected chi connectivity index (χ3v) is 8.57. The van der Waals surface area contributed by atoms with E-state index in [0.29, 0.717) is 0 Å². The summed E-state index contributed by atoms with van der Waals surface area (Å²) in [6.45, 7) is 1.19. The highest BCUT2D eigenvalue weighted by Gasteiger charge is 2.79. The zero-order chi connectivity index (χ0) is 24.0. The Hall–Kier alpha value is -2.50. The maximum absolute atomic E-state index is 12.8. The first-order chi connectivity index (χ1) is 15.5. The number of esters is 1. The molecule has 0 bridgehead atoms. The van der Waals surface area contributed by atoms with E-state index in [4.69, 9.17) is 14.0 Å². The van der Waals surface area contributed by atoms with Crippen LogP contribution in [0.2, 0.25) is 0 Å². The van der Waals surface area contributed by atoms with Crippen LogP contribution in [0.5, 0.6) is 0 Å². The summed E-state index contributed by atoms with van der Waals surface area (Å²) in [6.07, 6.45) is 3.28. The minimum Gasteiger partial charge on any atom is -0.478 e. The molecular formula is C22H27NO9S. The van der Waals surface area contributed by atoms with Gasteiger partial charge in [-0.1, -0.05) is 25.3 Å². The van der Waals surface area contributed by atoms with Crippen LogP contribution in [-0.4, -0.2) is 60.3 Å². The Bertz CT molecular complexity index is 1080. The first-order valence-corrected chi connectivity index (χ1v) is 12.4. The van der Waals surface area contributed by atoms with Crippen LogP contribution < -0.4 is 5.32 Å². The molecule has 2 aliphatic heterocycles. The zero-order valence-electron chi connectivity index (χ0n) is 18.2.